The molecule has 7 heteroatoms. The van der Waals surface area contributed by atoms with Crippen molar-refractivity contribution in [1.82, 2.24) is 24.1 Å². The first kappa shape index (κ1) is 18.9. The highest BCUT2D eigenvalue weighted by Gasteiger charge is 2.22. The maximum absolute atomic E-state index is 13.5. The molecule has 30 heavy (non-hydrogen) atoms. The van der Waals surface area contributed by atoms with Crippen molar-refractivity contribution < 1.29 is 0 Å². The van der Waals surface area contributed by atoms with Crippen molar-refractivity contribution in [3.05, 3.63) is 69.2 Å². The van der Waals surface area contributed by atoms with Crippen molar-refractivity contribution in [2.45, 2.75) is 33.2 Å². The van der Waals surface area contributed by atoms with E-state index in [1.807, 2.05) is 54.8 Å². The van der Waals surface area contributed by atoms with Gasteiger partial charge in [-0.2, -0.15) is 0 Å². The van der Waals surface area contributed by atoms with Crippen LogP contribution in [0.1, 0.15) is 31.9 Å². The Hall–Kier alpha value is -3.06. The molecule has 0 aliphatic rings. The molecule has 0 aliphatic carbocycles. The Morgan fingerprint density at radius 1 is 1.07 bits per heavy atom. The van der Waals surface area contributed by atoms with Crippen LogP contribution >= 0.6 is 15.9 Å². The van der Waals surface area contributed by atoms with Crippen molar-refractivity contribution in [3.8, 4) is 5.69 Å². The summed E-state index contributed by atoms with van der Waals surface area (Å²) in [6.45, 7) is 6.11. The molecule has 0 amide bonds. The van der Waals surface area contributed by atoms with E-state index in [1.54, 1.807) is 10.9 Å². The molecule has 0 unspecified atom stereocenters. The summed E-state index contributed by atoms with van der Waals surface area (Å²) in [5.74, 6) is 0. The molecule has 1 atom stereocenters. The third kappa shape index (κ3) is 2.76. The van der Waals surface area contributed by atoms with Gasteiger partial charge in [0.1, 0.15) is 17.2 Å². The predicted octanol–water partition coefficient (Wildman–Crippen LogP) is 5.33. The number of fused-ring (bicyclic) bond motifs is 4. The molecule has 5 rings (SSSR count). The summed E-state index contributed by atoms with van der Waals surface area (Å²) in [6.07, 6.45) is 2.48. The monoisotopic (exact) mass is 461 g/mol. The van der Waals surface area contributed by atoms with Gasteiger partial charge < -0.3 is 0 Å². The highest BCUT2D eigenvalue weighted by Crippen LogP contribution is 2.30. The average molecular weight is 462 g/mol. The Bertz CT molecular complexity index is 1500. The minimum Gasteiger partial charge on any atom is -0.296 e. The molecule has 3 heterocycles. The van der Waals surface area contributed by atoms with Gasteiger partial charge in [-0.25, -0.2) is 15.0 Å². The zero-order valence-corrected chi connectivity index (χ0v) is 18.5. The number of aryl methyl sites for hydroxylation is 1. The molecular weight excluding hydrogens is 442 g/mol. The summed E-state index contributed by atoms with van der Waals surface area (Å²) in [6, 6.07) is 13.8. The molecule has 0 bridgehead atoms. The Morgan fingerprint density at radius 2 is 1.80 bits per heavy atom. The van der Waals surface area contributed by atoms with Gasteiger partial charge in [0.25, 0.3) is 5.56 Å². The molecule has 0 saturated carbocycles. The van der Waals surface area contributed by atoms with E-state index in [1.165, 1.54) is 0 Å². The highest BCUT2D eigenvalue weighted by molar-refractivity contribution is 9.10. The van der Waals surface area contributed by atoms with Gasteiger partial charge in [0.15, 0.2) is 11.3 Å². The number of benzene rings is 2. The SMILES string of the molecule is CC[C@H](C)n1cnc2c(c1=O)c1nc3ccccc3nc1n2-c1ccc(Br)c(C)c1. The predicted molar refractivity (Wildman–Crippen MR) is 123 cm³/mol. The molecule has 2 aromatic carbocycles. The van der Waals surface area contributed by atoms with Gasteiger partial charge in [-0.15, -0.1) is 0 Å². The van der Waals surface area contributed by atoms with Gasteiger partial charge in [0.2, 0.25) is 0 Å². The third-order valence-electron chi connectivity index (χ3n) is 5.65. The molecule has 0 aliphatic heterocycles. The van der Waals surface area contributed by atoms with Gasteiger partial charge in [-0.05, 0) is 56.2 Å². The van der Waals surface area contributed by atoms with Crippen LogP contribution < -0.4 is 5.56 Å². The summed E-state index contributed by atoms with van der Waals surface area (Å²) in [5.41, 5.74) is 5.23. The zero-order chi connectivity index (χ0) is 21.0. The average Bonchev–Trinajstić information content (AvgIpc) is 3.07. The Labute approximate surface area is 181 Å². The second kappa shape index (κ2) is 7.02. The summed E-state index contributed by atoms with van der Waals surface area (Å²) >= 11 is 3.56. The first-order valence-electron chi connectivity index (χ1n) is 9.94. The smallest absolute Gasteiger partial charge is 0.265 e. The van der Waals surface area contributed by atoms with E-state index < -0.39 is 0 Å². The van der Waals surface area contributed by atoms with Gasteiger partial charge in [0.05, 0.1) is 11.0 Å². The number of hydrogen-bond donors (Lipinski definition) is 0. The van der Waals surface area contributed by atoms with Crippen molar-refractivity contribution in [2.24, 2.45) is 0 Å². The summed E-state index contributed by atoms with van der Waals surface area (Å²) in [7, 11) is 0. The van der Waals surface area contributed by atoms with Crippen molar-refractivity contribution in [2.75, 3.05) is 0 Å². The minimum atomic E-state index is -0.0866. The maximum Gasteiger partial charge on any atom is 0.265 e. The molecule has 150 valence electrons. The Morgan fingerprint density at radius 3 is 2.50 bits per heavy atom. The number of hydrogen-bond acceptors (Lipinski definition) is 4. The van der Waals surface area contributed by atoms with Crippen LogP contribution in [-0.2, 0) is 0 Å². The molecule has 3 aromatic heterocycles. The quantitative estimate of drug-likeness (QED) is 0.364. The van der Waals surface area contributed by atoms with Crippen molar-refractivity contribution in [1.29, 1.82) is 0 Å². The van der Waals surface area contributed by atoms with Crippen molar-refractivity contribution >= 4 is 49.2 Å². The Balaban J connectivity index is 1.98. The molecule has 0 fully saturated rings. The minimum absolute atomic E-state index is 0.0520. The van der Waals surface area contributed by atoms with E-state index in [2.05, 4.69) is 28.9 Å². The van der Waals surface area contributed by atoms with Crippen molar-refractivity contribution in [3.63, 3.8) is 0 Å². The number of para-hydroxylation sites is 2. The molecule has 0 radical (unpaired) electrons. The third-order valence-corrected chi connectivity index (χ3v) is 6.54. The van der Waals surface area contributed by atoms with Gasteiger partial charge >= 0.3 is 0 Å². The molecule has 0 N–H and O–H groups in total. The highest BCUT2D eigenvalue weighted by atomic mass is 79.9. The fourth-order valence-electron chi connectivity index (χ4n) is 3.77. The van der Waals surface area contributed by atoms with Gasteiger partial charge in [-0.1, -0.05) is 35.0 Å². The summed E-state index contributed by atoms with van der Waals surface area (Å²) in [4.78, 5) is 27.9. The van der Waals surface area contributed by atoms with E-state index in [4.69, 9.17) is 15.0 Å². The lowest BCUT2D eigenvalue weighted by Gasteiger charge is -2.12. The molecular formula is C23H20BrN5O. The second-order valence-corrected chi connectivity index (χ2v) is 8.42. The molecule has 0 spiro atoms. The van der Waals surface area contributed by atoms with Gasteiger partial charge in [0, 0.05) is 16.2 Å². The van der Waals surface area contributed by atoms with E-state index in [0.29, 0.717) is 22.2 Å². The van der Waals surface area contributed by atoms with Crippen LogP contribution in [0, 0.1) is 6.92 Å². The number of aromatic nitrogens is 5. The second-order valence-electron chi connectivity index (χ2n) is 7.57. The van der Waals surface area contributed by atoms with Gasteiger partial charge in [-0.3, -0.25) is 13.9 Å². The zero-order valence-electron chi connectivity index (χ0n) is 16.9. The fraction of sp³-hybridized carbons (Fsp3) is 0.217. The summed E-state index contributed by atoms with van der Waals surface area (Å²) < 4.78 is 4.65. The van der Waals surface area contributed by atoms with E-state index in [-0.39, 0.29) is 11.6 Å². The lowest BCUT2D eigenvalue weighted by Crippen LogP contribution is -2.23. The van der Waals surface area contributed by atoms with Crippen LogP contribution in [0.4, 0.5) is 0 Å². The largest absolute Gasteiger partial charge is 0.296 e. The van der Waals surface area contributed by atoms with Crippen LogP contribution in [0.25, 0.3) is 38.9 Å². The fourth-order valence-corrected chi connectivity index (χ4v) is 4.02. The topological polar surface area (TPSA) is 65.6 Å². The lowest BCUT2D eigenvalue weighted by molar-refractivity contribution is 0.510. The Kier molecular flexibility index (Phi) is 4.43. The lowest BCUT2D eigenvalue weighted by atomic mass is 10.2. The first-order chi connectivity index (χ1) is 14.5. The maximum atomic E-state index is 13.5. The number of nitrogens with zero attached hydrogens (tertiary/aromatic N) is 5. The normalized spacial score (nSPS) is 12.8. The van der Waals surface area contributed by atoms with Crippen LogP contribution in [0.5, 0.6) is 0 Å². The molecule has 0 saturated heterocycles. The van der Waals surface area contributed by atoms with Crippen LogP contribution in [-0.4, -0.2) is 24.1 Å². The van der Waals surface area contributed by atoms with Crippen LogP contribution in [0.15, 0.2) is 58.1 Å². The van der Waals surface area contributed by atoms with E-state index >= 15 is 0 Å². The molecule has 6 nitrogen and oxygen atoms in total. The van der Waals surface area contributed by atoms with Crippen LogP contribution in [0.2, 0.25) is 0 Å². The molecule has 5 aromatic rings. The number of rotatable bonds is 3. The number of halogens is 1. The van der Waals surface area contributed by atoms with E-state index in [9.17, 15) is 4.79 Å². The van der Waals surface area contributed by atoms with Crippen LogP contribution in [0.3, 0.4) is 0 Å². The summed E-state index contributed by atoms with van der Waals surface area (Å²) in [5, 5.41) is 0.506. The first-order valence-corrected chi connectivity index (χ1v) is 10.7. The standard InChI is InChI=1S/C23H20BrN5O/c1-4-14(3)28-12-25-21-19(23(28)30)20-22(27-18-8-6-5-7-17(18)26-20)29(21)15-9-10-16(24)13(2)11-15/h5-12,14H,4H2,1-3H3/t14-/m0/s1. The van der Waals surface area contributed by atoms with E-state index in [0.717, 1.165) is 33.2 Å².